The summed E-state index contributed by atoms with van der Waals surface area (Å²) >= 11 is 6.89. The van der Waals surface area contributed by atoms with Crippen LogP contribution in [0.1, 0.15) is 24.5 Å². The van der Waals surface area contributed by atoms with Crippen molar-refractivity contribution in [2.45, 2.75) is 31.8 Å². The molecule has 0 bridgehead atoms. The van der Waals surface area contributed by atoms with Gasteiger partial charge in [0.15, 0.2) is 0 Å². The second-order valence-corrected chi connectivity index (χ2v) is 7.30. The third-order valence-electron chi connectivity index (χ3n) is 3.38. The van der Waals surface area contributed by atoms with Crippen LogP contribution in [-0.2, 0) is 16.9 Å². The molecule has 118 valence electrons. The zero-order valence-corrected chi connectivity index (χ0v) is 15.5. The summed E-state index contributed by atoms with van der Waals surface area (Å²) in [5.41, 5.74) is 6.84. The fraction of sp³-hybridized carbons (Fsp3) is 0.294. The van der Waals surface area contributed by atoms with Gasteiger partial charge in [-0.25, -0.2) is 0 Å². The van der Waals surface area contributed by atoms with Crippen molar-refractivity contribution in [3.05, 3.63) is 68.6 Å². The van der Waals surface area contributed by atoms with E-state index in [0.717, 1.165) is 20.1 Å². The zero-order valence-electron chi connectivity index (χ0n) is 12.3. The highest BCUT2D eigenvalue weighted by molar-refractivity contribution is 9.11. The van der Waals surface area contributed by atoms with E-state index in [-0.39, 0.29) is 0 Å². The average molecular weight is 429 g/mol. The van der Waals surface area contributed by atoms with Gasteiger partial charge < -0.3 is 15.6 Å². The fourth-order valence-electron chi connectivity index (χ4n) is 2.26. The first-order valence-electron chi connectivity index (χ1n) is 6.97. The molecule has 0 aliphatic heterocycles. The lowest BCUT2D eigenvalue weighted by Crippen LogP contribution is -2.34. The van der Waals surface area contributed by atoms with Crippen LogP contribution in [0, 0.1) is 0 Å². The maximum absolute atomic E-state index is 10.6. The van der Waals surface area contributed by atoms with Crippen molar-refractivity contribution in [3.63, 3.8) is 0 Å². The fourth-order valence-corrected chi connectivity index (χ4v) is 3.65. The second kappa shape index (κ2) is 7.70. The van der Waals surface area contributed by atoms with E-state index in [0.29, 0.717) is 13.0 Å². The molecule has 0 fully saturated rings. The Morgan fingerprint density at radius 3 is 2.32 bits per heavy atom. The molecule has 2 rings (SSSR count). The van der Waals surface area contributed by atoms with Gasteiger partial charge in [0.1, 0.15) is 6.23 Å². The van der Waals surface area contributed by atoms with E-state index in [9.17, 15) is 5.11 Å². The molecule has 2 aromatic rings. The van der Waals surface area contributed by atoms with Crippen LogP contribution in [0.3, 0.4) is 0 Å². The first kappa shape index (κ1) is 17.6. The summed E-state index contributed by atoms with van der Waals surface area (Å²) in [5.74, 6) is 0. The summed E-state index contributed by atoms with van der Waals surface area (Å²) < 4.78 is 7.63. The van der Waals surface area contributed by atoms with Gasteiger partial charge in [0.25, 0.3) is 0 Å². The Kier molecular flexibility index (Phi) is 6.17. The zero-order chi connectivity index (χ0) is 16.2. The minimum Gasteiger partial charge on any atom is -0.385 e. The highest BCUT2D eigenvalue weighted by atomic mass is 79.9. The van der Waals surface area contributed by atoms with Gasteiger partial charge in [-0.05, 0) is 36.2 Å². The number of nitrogens with two attached hydrogens (primary N) is 1. The van der Waals surface area contributed by atoms with Crippen LogP contribution in [0.25, 0.3) is 0 Å². The maximum Gasteiger partial charge on any atom is 0.109 e. The van der Waals surface area contributed by atoms with Gasteiger partial charge in [0.2, 0.25) is 0 Å². The van der Waals surface area contributed by atoms with E-state index in [1.807, 2.05) is 48.5 Å². The molecular weight excluding hydrogens is 410 g/mol. The van der Waals surface area contributed by atoms with E-state index < -0.39 is 11.8 Å². The third-order valence-corrected chi connectivity index (χ3v) is 4.30. The van der Waals surface area contributed by atoms with Crippen LogP contribution in [0.4, 0.5) is 0 Å². The molecule has 0 saturated carbocycles. The van der Waals surface area contributed by atoms with Crippen molar-refractivity contribution >= 4 is 31.9 Å². The second-order valence-electron chi connectivity index (χ2n) is 5.47. The molecule has 2 atom stereocenters. The molecule has 2 aromatic carbocycles. The van der Waals surface area contributed by atoms with Gasteiger partial charge >= 0.3 is 0 Å². The molecule has 0 saturated heterocycles. The summed E-state index contributed by atoms with van der Waals surface area (Å²) in [6.07, 6.45) is -0.223. The number of benzene rings is 2. The molecule has 0 spiro atoms. The first-order valence-corrected chi connectivity index (χ1v) is 8.55. The molecule has 3 N–H and O–H groups in total. The third kappa shape index (κ3) is 5.18. The van der Waals surface area contributed by atoms with Gasteiger partial charge in [-0.3, -0.25) is 0 Å². The largest absolute Gasteiger partial charge is 0.385 e. The summed E-state index contributed by atoms with van der Waals surface area (Å²) in [5, 5.41) is 10.6. The van der Waals surface area contributed by atoms with E-state index in [4.69, 9.17) is 10.5 Å². The van der Waals surface area contributed by atoms with E-state index >= 15 is 0 Å². The van der Waals surface area contributed by atoms with Crippen LogP contribution in [0.15, 0.2) is 57.5 Å². The summed E-state index contributed by atoms with van der Waals surface area (Å²) in [7, 11) is 0. The van der Waals surface area contributed by atoms with Gasteiger partial charge in [0.05, 0.1) is 12.2 Å². The molecule has 0 radical (unpaired) electrons. The van der Waals surface area contributed by atoms with Crippen LogP contribution in [0.5, 0.6) is 0 Å². The van der Waals surface area contributed by atoms with Crippen molar-refractivity contribution < 1.29 is 9.84 Å². The number of halogens is 2. The van der Waals surface area contributed by atoms with E-state index in [1.165, 1.54) is 0 Å². The molecule has 3 nitrogen and oxygen atoms in total. The lowest BCUT2D eigenvalue weighted by atomic mass is 9.92. The Bertz CT molecular complexity index is 597. The number of hydrogen-bond acceptors (Lipinski definition) is 3. The Morgan fingerprint density at radius 2 is 1.73 bits per heavy atom. The highest BCUT2D eigenvalue weighted by Crippen LogP contribution is 2.26. The molecule has 0 aliphatic carbocycles. The van der Waals surface area contributed by atoms with Crippen molar-refractivity contribution in [3.8, 4) is 0 Å². The number of rotatable bonds is 6. The summed E-state index contributed by atoms with van der Waals surface area (Å²) in [4.78, 5) is 0. The minimum atomic E-state index is -1.02. The lowest BCUT2D eigenvalue weighted by molar-refractivity contribution is -0.0366. The molecule has 5 heteroatoms. The van der Waals surface area contributed by atoms with Crippen LogP contribution in [-0.4, -0.2) is 11.3 Å². The van der Waals surface area contributed by atoms with Gasteiger partial charge in [0, 0.05) is 15.4 Å². The predicted molar refractivity (Wildman–Crippen MR) is 95.2 cm³/mol. The summed E-state index contributed by atoms with van der Waals surface area (Å²) in [6, 6.07) is 15.4. The molecule has 22 heavy (non-hydrogen) atoms. The quantitative estimate of drug-likeness (QED) is 0.674. The minimum absolute atomic E-state index is 0.326. The average Bonchev–Trinajstić information content (AvgIpc) is 2.45. The number of aliphatic hydroxyl groups is 1. The van der Waals surface area contributed by atoms with Gasteiger partial charge in [-0.2, -0.15) is 0 Å². The molecule has 0 amide bonds. The van der Waals surface area contributed by atoms with Gasteiger partial charge in [-0.1, -0.05) is 62.2 Å². The van der Waals surface area contributed by atoms with Crippen molar-refractivity contribution in [2.24, 2.45) is 5.73 Å². The van der Waals surface area contributed by atoms with Crippen LogP contribution < -0.4 is 5.73 Å². The van der Waals surface area contributed by atoms with Crippen molar-refractivity contribution in [1.29, 1.82) is 0 Å². The Morgan fingerprint density at radius 1 is 1.14 bits per heavy atom. The smallest absolute Gasteiger partial charge is 0.109 e. The molecular formula is C17H19Br2NO2. The standard InChI is InChI=1S/C17H19Br2NO2/c1-17(21,13-5-3-2-4-6-13)10-16(20)22-11-12-7-14(18)9-15(19)8-12/h2-9,16,21H,10-11,20H2,1H3. The molecule has 0 heterocycles. The topological polar surface area (TPSA) is 55.5 Å². The van der Waals surface area contributed by atoms with E-state index in [1.54, 1.807) is 6.92 Å². The molecule has 0 aromatic heterocycles. The van der Waals surface area contributed by atoms with Crippen molar-refractivity contribution in [2.75, 3.05) is 0 Å². The first-order chi connectivity index (χ1) is 10.4. The Hall–Kier alpha value is -0.720. The lowest BCUT2D eigenvalue weighted by Gasteiger charge is -2.27. The SMILES string of the molecule is CC(O)(CC(N)OCc1cc(Br)cc(Br)c1)c1ccccc1. The normalized spacial score (nSPS) is 15.3. The molecule has 2 unspecified atom stereocenters. The number of ether oxygens (including phenoxy) is 1. The summed E-state index contributed by atoms with van der Waals surface area (Å²) in [6.45, 7) is 2.14. The van der Waals surface area contributed by atoms with Crippen molar-refractivity contribution in [1.82, 2.24) is 0 Å². The van der Waals surface area contributed by atoms with Gasteiger partial charge in [-0.15, -0.1) is 0 Å². The Labute approximate surface area is 147 Å². The van der Waals surface area contributed by atoms with Crippen LogP contribution >= 0.6 is 31.9 Å². The predicted octanol–water partition coefficient (Wildman–Crippen LogP) is 4.31. The number of hydrogen-bond donors (Lipinski definition) is 2. The molecule has 0 aliphatic rings. The van der Waals surface area contributed by atoms with E-state index in [2.05, 4.69) is 31.9 Å². The maximum atomic E-state index is 10.6. The Balaban J connectivity index is 1.94. The highest BCUT2D eigenvalue weighted by Gasteiger charge is 2.26. The van der Waals surface area contributed by atoms with Crippen LogP contribution in [0.2, 0.25) is 0 Å². The monoisotopic (exact) mass is 427 g/mol.